The number of hydrogen-bond donors (Lipinski definition) is 2. The molecular weight excluding hydrogens is 449 g/mol. The summed E-state index contributed by atoms with van der Waals surface area (Å²) in [5.74, 6) is -1.88. The second kappa shape index (κ2) is 8.72. The summed E-state index contributed by atoms with van der Waals surface area (Å²) in [5.41, 5.74) is 1.69. The molecule has 1 aliphatic heterocycles. The van der Waals surface area contributed by atoms with Crippen LogP contribution in [0.4, 0.5) is 10.3 Å². The molecule has 3 aromatic carbocycles. The number of ether oxygens (including phenoxy) is 1. The highest BCUT2D eigenvalue weighted by molar-refractivity contribution is 6.51. The minimum Gasteiger partial charge on any atom is -0.507 e. The molecule has 7 nitrogen and oxygen atoms in total. The molecule has 1 fully saturated rings. The number of nitrogens with one attached hydrogen (secondary N) is 1. The maximum Gasteiger partial charge on any atom is 0.302 e. The molecule has 1 aliphatic rings. The molecule has 0 saturated carbocycles. The minimum atomic E-state index is -0.948. The van der Waals surface area contributed by atoms with Gasteiger partial charge in [0.2, 0.25) is 5.95 Å². The average molecular weight is 471 g/mol. The van der Waals surface area contributed by atoms with Gasteiger partial charge in [-0.15, -0.1) is 0 Å². The minimum absolute atomic E-state index is 0.0745. The molecule has 0 spiro atoms. The Balaban J connectivity index is 1.68. The fraction of sp³-hybridized carbons (Fsp3) is 0.148. The fourth-order valence-corrected chi connectivity index (χ4v) is 4.23. The first-order valence-corrected chi connectivity index (χ1v) is 11.1. The number of aliphatic hydroxyl groups excluding tert-OH is 1. The number of carbonyl (C=O) groups is 2. The number of ketones is 1. The molecule has 1 aromatic heterocycles. The zero-order chi connectivity index (χ0) is 24.7. The lowest BCUT2D eigenvalue weighted by atomic mass is 9.95. The van der Waals surface area contributed by atoms with Gasteiger partial charge in [0, 0.05) is 5.56 Å². The van der Waals surface area contributed by atoms with Crippen LogP contribution in [0.2, 0.25) is 0 Å². The van der Waals surface area contributed by atoms with Gasteiger partial charge in [-0.05, 0) is 49.7 Å². The van der Waals surface area contributed by atoms with Crippen molar-refractivity contribution in [3.8, 4) is 5.75 Å². The molecule has 2 heterocycles. The van der Waals surface area contributed by atoms with E-state index in [2.05, 4.69) is 9.97 Å². The van der Waals surface area contributed by atoms with Crippen LogP contribution < -0.4 is 9.64 Å². The van der Waals surface area contributed by atoms with E-state index >= 15 is 0 Å². The summed E-state index contributed by atoms with van der Waals surface area (Å²) >= 11 is 0. The molecule has 1 unspecified atom stereocenters. The lowest BCUT2D eigenvalue weighted by molar-refractivity contribution is -0.132. The van der Waals surface area contributed by atoms with Crippen molar-refractivity contribution in [1.82, 2.24) is 9.97 Å². The Kier molecular flexibility index (Phi) is 5.56. The standard InChI is InChI=1S/C27H22FN3O4/c1-15(2)35-19-10-6-9-17(13-19)24(32)22-23(16-7-4-3-5-8-16)31(26(34)25(22)33)27-29-20-12-11-18(28)14-21(20)30-27/h3-15,23,32H,1-2H3,(H,29,30)/b24-22+. The first-order chi connectivity index (χ1) is 16.8. The fourth-order valence-electron chi connectivity index (χ4n) is 4.23. The summed E-state index contributed by atoms with van der Waals surface area (Å²) in [6.45, 7) is 3.76. The van der Waals surface area contributed by atoms with E-state index < -0.39 is 23.5 Å². The smallest absolute Gasteiger partial charge is 0.302 e. The third-order valence-corrected chi connectivity index (χ3v) is 5.70. The largest absolute Gasteiger partial charge is 0.507 e. The Hall–Kier alpha value is -4.46. The molecule has 0 aliphatic carbocycles. The molecule has 2 N–H and O–H groups in total. The van der Waals surface area contributed by atoms with Gasteiger partial charge < -0.3 is 14.8 Å². The van der Waals surface area contributed by atoms with Crippen molar-refractivity contribution < 1.29 is 23.8 Å². The van der Waals surface area contributed by atoms with Gasteiger partial charge >= 0.3 is 5.91 Å². The molecule has 0 radical (unpaired) electrons. The van der Waals surface area contributed by atoms with Crippen LogP contribution in [-0.4, -0.2) is 32.9 Å². The molecule has 1 amide bonds. The number of hydrogen-bond acceptors (Lipinski definition) is 5. The highest BCUT2D eigenvalue weighted by Crippen LogP contribution is 2.41. The number of nitrogens with zero attached hydrogens (tertiary/aromatic N) is 2. The number of fused-ring (bicyclic) bond motifs is 1. The first-order valence-electron chi connectivity index (χ1n) is 11.1. The molecule has 1 saturated heterocycles. The van der Waals surface area contributed by atoms with Gasteiger partial charge in [0.15, 0.2) is 0 Å². The van der Waals surface area contributed by atoms with E-state index in [-0.39, 0.29) is 23.4 Å². The second-order valence-corrected chi connectivity index (χ2v) is 8.50. The van der Waals surface area contributed by atoms with Gasteiger partial charge in [-0.1, -0.05) is 42.5 Å². The summed E-state index contributed by atoms with van der Waals surface area (Å²) in [4.78, 5) is 35.1. The number of H-pyrrole nitrogens is 1. The van der Waals surface area contributed by atoms with Gasteiger partial charge in [0.25, 0.3) is 5.78 Å². The lowest BCUT2D eigenvalue weighted by Gasteiger charge is -2.23. The number of Topliss-reactive ketones (excluding diaryl/α,β-unsaturated/α-hetero) is 1. The van der Waals surface area contributed by atoms with Gasteiger partial charge in [-0.25, -0.2) is 9.37 Å². The predicted octanol–water partition coefficient (Wildman–Crippen LogP) is 5.12. The van der Waals surface area contributed by atoms with E-state index in [1.54, 1.807) is 48.5 Å². The topological polar surface area (TPSA) is 95.5 Å². The van der Waals surface area contributed by atoms with E-state index in [1.165, 1.54) is 23.1 Å². The summed E-state index contributed by atoms with van der Waals surface area (Å²) in [6, 6.07) is 18.7. The van der Waals surface area contributed by atoms with Crippen LogP contribution in [0.5, 0.6) is 5.75 Å². The van der Waals surface area contributed by atoms with E-state index in [0.717, 1.165) is 0 Å². The van der Waals surface area contributed by atoms with Crippen LogP contribution in [0.25, 0.3) is 16.8 Å². The number of amides is 1. The van der Waals surface area contributed by atoms with Crippen LogP contribution in [0, 0.1) is 5.82 Å². The van der Waals surface area contributed by atoms with Crippen molar-refractivity contribution in [2.45, 2.75) is 26.0 Å². The van der Waals surface area contributed by atoms with Crippen molar-refractivity contribution in [2.24, 2.45) is 0 Å². The Bertz CT molecular complexity index is 1480. The Morgan fingerprint density at radius 2 is 1.83 bits per heavy atom. The second-order valence-electron chi connectivity index (χ2n) is 8.50. The average Bonchev–Trinajstić information content (AvgIpc) is 3.36. The number of anilines is 1. The number of aromatic amines is 1. The number of aromatic nitrogens is 2. The van der Waals surface area contributed by atoms with E-state index in [1.807, 2.05) is 19.9 Å². The van der Waals surface area contributed by atoms with Gasteiger partial charge in [-0.2, -0.15) is 0 Å². The Labute approximate surface area is 200 Å². The van der Waals surface area contributed by atoms with Gasteiger partial charge in [-0.3, -0.25) is 14.5 Å². The normalized spacial score (nSPS) is 17.5. The van der Waals surface area contributed by atoms with E-state index in [0.29, 0.717) is 27.9 Å². The van der Waals surface area contributed by atoms with E-state index in [4.69, 9.17) is 4.74 Å². The number of halogens is 1. The molecule has 5 rings (SSSR count). The summed E-state index contributed by atoms with van der Waals surface area (Å²) in [5, 5.41) is 11.3. The van der Waals surface area contributed by atoms with Gasteiger partial charge in [0.05, 0.1) is 28.8 Å². The number of rotatable bonds is 5. The molecular formula is C27H22FN3O4. The molecule has 1 atom stereocenters. The van der Waals surface area contributed by atoms with Crippen molar-refractivity contribution in [2.75, 3.05) is 4.90 Å². The van der Waals surface area contributed by atoms with E-state index in [9.17, 15) is 19.1 Å². The lowest BCUT2D eigenvalue weighted by Crippen LogP contribution is -2.30. The molecule has 0 bridgehead atoms. The van der Waals surface area contributed by atoms with Crippen molar-refractivity contribution >= 4 is 34.4 Å². The molecule has 35 heavy (non-hydrogen) atoms. The number of aliphatic hydroxyl groups is 1. The zero-order valence-corrected chi connectivity index (χ0v) is 19.0. The zero-order valence-electron chi connectivity index (χ0n) is 19.0. The SMILES string of the molecule is CC(C)Oc1cccc(/C(O)=C2\C(=O)C(=O)N(c3nc4ccc(F)cc4[nH]3)C2c2ccccc2)c1. The van der Waals surface area contributed by atoms with Crippen LogP contribution in [0.3, 0.4) is 0 Å². The number of carbonyl (C=O) groups excluding carboxylic acids is 2. The van der Waals surface area contributed by atoms with Crippen LogP contribution in [0.15, 0.2) is 78.4 Å². The summed E-state index contributed by atoms with van der Waals surface area (Å²) in [6.07, 6.45) is -0.0831. The molecule has 176 valence electrons. The van der Waals surface area contributed by atoms with Crippen molar-refractivity contribution in [1.29, 1.82) is 0 Å². The monoisotopic (exact) mass is 471 g/mol. The quantitative estimate of drug-likeness (QED) is 0.239. The third kappa shape index (κ3) is 4.03. The Morgan fingerprint density at radius 1 is 1.06 bits per heavy atom. The summed E-state index contributed by atoms with van der Waals surface area (Å²) in [7, 11) is 0. The number of benzene rings is 3. The molecule has 4 aromatic rings. The third-order valence-electron chi connectivity index (χ3n) is 5.70. The molecule has 8 heteroatoms. The van der Waals surface area contributed by atoms with Crippen LogP contribution >= 0.6 is 0 Å². The van der Waals surface area contributed by atoms with Crippen LogP contribution in [0.1, 0.15) is 31.0 Å². The van der Waals surface area contributed by atoms with Crippen molar-refractivity contribution in [3.63, 3.8) is 0 Å². The maximum atomic E-state index is 13.7. The number of imidazole rings is 1. The van der Waals surface area contributed by atoms with Crippen molar-refractivity contribution in [3.05, 3.63) is 95.3 Å². The van der Waals surface area contributed by atoms with Gasteiger partial charge in [0.1, 0.15) is 17.3 Å². The highest BCUT2D eigenvalue weighted by atomic mass is 19.1. The summed E-state index contributed by atoms with van der Waals surface area (Å²) < 4.78 is 19.5. The predicted molar refractivity (Wildman–Crippen MR) is 129 cm³/mol. The Morgan fingerprint density at radius 3 is 2.57 bits per heavy atom. The first kappa shape index (κ1) is 22.3. The highest BCUT2D eigenvalue weighted by Gasteiger charge is 2.48. The van der Waals surface area contributed by atoms with Crippen LogP contribution in [-0.2, 0) is 9.59 Å². The maximum absolute atomic E-state index is 13.7.